The van der Waals surface area contributed by atoms with Crippen LogP contribution in [0.25, 0.3) is 0 Å². The van der Waals surface area contributed by atoms with E-state index < -0.39 is 28.6 Å². The number of urea groups is 1. The van der Waals surface area contributed by atoms with Gasteiger partial charge in [-0.05, 0) is 19.1 Å². The molecule has 1 heterocycles. The maximum absolute atomic E-state index is 12.9. The molecule has 3 amide bonds. The lowest BCUT2D eigenvalue weighted by Gasteiger charge is -2.24. The second kappa shape index (κ2) is 4.43. The molecule has 0 bridgehead atoms. The van der Waals surface area contributed by atoms with Crippen molar-refractivity contribution in [3.05, 3.63) is 34.4 Å². The van der Waals surface area contributed by atoms with Crippen molar-refractivity contribution in [3.8, 4) is 0 Å². The second-order valence-corrected chi connectivity index (χ2v) is 4.47. The normalized spacial score (nSPS) is 22.4. The average Bonchev–Trinajstić information content (AvgIpc) is 2.60. The maximum atomic E-state index is 12.9. The standard InChI is InChI=1S/C11H8F3N3O4/c1-10(11(12,13)14)8(18)16(9(19)15-10)6-2-4-7(5-3-6)17(20)21/h2-5H,1H3,(H,15,19). The minimum absolute atomic E-state index is 0.184. The van der Waals surface area contributed by atoms with E-state index >= 15 is 0 Å². The van der Waals surface area contributed by atoms with Gasteiger partial charge in [-0.25, -0.2) is 9.69 Å². The largest absolute Gasteiger partial charge is 0.420 e. The number of nitro groups is 1. The predicted octanol–water partition coefficient (Wildman–Crippen LogP) is 1.97. The molecule has 1 aromatic rings. The Bertz CT molecular complexity index is 629. The molecular formula is C11H8F3N3O4. The van der Waals surface area contributed by atoms with Gasteiger partial charge in [0.25, 0.3) is 11.6 Å². The number of nitrogens with zero attached hydrogens (tertiary/aromatic N) is 2. The fraction of sp³-hybridized carbons (Fsp3) is 0.273. The first-order valence-corrected chi connectivity index (χ1v) is 5.56. The predicted molar refractivity (Wildman–Crippen MR) is 63.6 cm³/mol. The van der Waals surface area contributed by atoms with Crippen LogP contribution in [0, 0.1) is 10.1 Å². The highest BCUT2D eigenvalue weighted by Crippen LogP contribution is 2.37. The number of nitro benzene ring substituents is 1. The van der Waals surface area contributed by atoms with Crippen LogP contribution >= 0.6 is 0 Å². The minimum Gasteiger partial charge on any atom is -0.315 e. The first-order valence-electron chi connectivity index (χ1n) is 5.56. The summed E-state index contributed by atoms with van der Waals surface area (Å²) in [6, 6.07) is 2.78. The van der Waals surface area contributed by atoms with E-state index in [0.717, 1.165) is 24.3 Å². The van der Waals surface area contributed by atoms with Gasteiger partial charge in [-0.3, -0.25) is 14.9 Å². The first kappa shape index (κ1) is 14.8. The molecule has 7 nitrogen and oxygen atoms in total. The molecule has 1 aliphatic rings. The summed E-state index contributed by atoms with van der Waals surface area (Å²) in [6.07, 6.45) is -4.96. The van der Waals surface area contributed by atoms with Crippen molar-refractivity contribution in [2.45, 2.75) is 18.6 Å². The number of imide groups is 1. The summed E-state index contributed by atoms with van der Waals surface area (Å²) in [4.78, 5) is 33.6. The topological polar surface area (TPSA) is 92.6 Å². The maximum Gasteiger partial charge on any atom is 0.420 e. The number of amides is 3. The molecule has 21 heavy (non-hydrogen) atoms. The Kier molecular flexibility index (Phi) is 3.11. The van der Waals surface area contributed by atoms with Gasteiger partial charge in [-0.2, -0.15) is 13.2 Å². The third kappa shape index (κ3) is 2.18. The highest BCUT2D eigenvalue weighted by Gasteiger charge is 2.64. The number of benzene rings is 1. The third-order valence-electron chi connectivity index (χ3n) is 3.08. The van der Waals surface area contributed by atoms with Crippen LogP contribution in [0.2, 0.25) is 0 Å². The van der Waals surface area contributed by atoms with E-state index in [1.807, 2.05) is 0 Å². The molecular weight excluding hydrogens is 295 g/mol. The summed E-state index contributed by atoms with van der Waals surface area (Å²) in [7, 11) is 0. The number of alkyl halides is 3. The smallest absolute Gasteiger partial charge is 0.315 e. The van der Waals surface area contributed by atoms with Crippen LogP contribution in [0.5, 0.6) is 0 Å². The number of carbonyl (C=O) groups excluding carboxylic acids is 2. The van der Waals surface area contributed by atoms with Gasteiger partial charge in [0.2, 0.25) is 5.54 Å². The second-order valence-electron chi connectivity index (χ2n) is 4.47. The zero-order valence-corrected chi connectivity index (χ0v) is 10.5. The molecule has 1 aromatic carbocycles. The lowest BCUT2D eigenvalue weighted by atomic mass is 10.0. The Morgan fingerprint density at radius 3 is 2.14 bits per heavy atom. The van der Waals surface area contributed by atoms with Crippen LogP contribution in [0.15, 0.2) is 24.3 Å². The molecule has 2 rings (SSSR count). The van der Waals surface area contributed by atoms with Crippen LogP contribution in [-0.4, -0.2) is 28.6 Å². The molecule has 1 unspecified atom stereocenters. The highest BCUT2D eigenvalue weighted by molar-refractivity contribution is 6.23. The lowest BCUT2D eigenvalue weighted by Crippen LogP contribution is -2.56. The van der Waals surface area contributed by atoms with Gasteiger partial charge in [-0.15, -0.1) is 0 Å². The van der Waals surface area contributed by atoms with Gasteiger partial charge >= 0.3 is 12.2 Å². The number of anilines is 1. The first-order chi connectivity index (χ1) is 9.58. The zero-order valence-electron chi connectivity index (χ0n) is 10.5. The average molecular weight is 303 g/mol. The molecule has 0 aliphatic carbocycles. The Labute approximate surface area is 115 Å². The van der Waals surface area contributed by atoms with Crippen LogP contribution in [0.4, 0.5) is 29.3 Å². The molecule has 0 saturated carbocycles. The minimum atomic E-state index is -4.96. The molecule has 0 spiro atoms. The Balaban J connectivity index is 2.39. The molecule has 112 valence electrons. The molecule has 1 saturated heterocycles. The van der Waals surface area contributed by atoms with E-state index in [9.17, 15) is 32.9 Å². The van der Waals surface area contributed by atoms with Crippen LogP contribution < -0.4 is 10.2 Å². The zero-order chi connectivity index (χ0) is 16.0. The SMILES string of the molecule is CC1(C(F)(F)F)NC(=O)N(c2ccc([N+](=O)[O-])cc2)C1=O. The number of hydrogen-bond donors (Lipinski definition) is 1. The van der Waals surface area contributed by atoms with Crippen molar-refractivity contribution in [1.82, 2.24) is 5.32 Å². The third-order valence-corrected chi connectivity index (χ3v) is 3.08. The van der Waals surface area contributed by atoms with E-state index in [1.54, 1.807) is 5.32 Å². The van der Waals surface area contributed by atoms with E-state index in [1.165, 1.54) is 0 Å². The van der Waals surface area contributed by atoms with Gasteiger partial charge < -0.3 is 5.32 Å². The van der Waals surface area contributed by atoms with E-state index in [4.69, 9.17) is 0 Å². The van der Waals surface area contributed by atoms with Crippen molar-refractivity contribution in [3.63, 3.8) is 0 Å². The van der Waals surface area contributed by atoms with Crippen molar-refractivity contribution in [2.75, 3.05) is 4.90 Å². The van der Waals surface area contributed by atoms with Gasteiger partial charge in [0, 0.05) is 12.1 Å². The van der Waals surface area contributed by atoms with Crippen molar-refractivity contribution in [1.29, 1.82) is 0 Å². The summed E-state index contributed by atoms with van der Waals surface area (Å²) >= 11 is 0. The van der Waals surface area contributed by atoms with Crippen LogP contribution in [-0.2, 0) is 4.79 Å². The molecule has 1 N–H and O–H groups in total. The van der Waals surface area contributed by atoms with E-state index in [-0.39, 0.29) is 11.4 Å². The summed E-state index contributed by atoms with van der Waals surface area (Å²) in [5.41, 5.74) is -3.52. The Hall–Kier alpha value is -2.65. The van der Waals surface area contributed by atoms with Gasteiger partial charge in [0.1, 0.15) is 0 Å². The van der Waals surface area contributed by atoms with Gasteiger partial charge in [0.15, 0.2) is 0 Å². The van der Waals surface area contributed by atoms with Crippen molar-refractivity contribution in [2.24, 2.45) is 0 Å². The van der Waals surface area contributed by atoms with Gasteiger partial charge in [-0.1, -0.05) is 0 Å². The monoisotopic (exact) mass is 303 g/mol. The molecule has 0 radical (unpaired) electrons. The summed E-state index contributed by atoms with van der Waals surface area (Å²) in [6.45, 7) is 0.554. The number of nitrogens with one attached hydrogen (secondary N) is 1. The Morgan fingerprint density at radius 2 is 1.76 bits per heavy atom. The van der Waals surface area contributed by atoms with Crippen molar-refractivity contribution < 1.29 is 27.7 Å². The number of hydrogen-bond acceptors (Lipinski definition) is 4. The van der Waals surface area contributed by atoms with Crippen LogP contribution in [0.3, 0.4) is 0 Å². The highest BCUT2D eigenvalue weighted by atomic mass is 19.4. The quantitative estimate of drug-likeness (QED) is 0.513. The Morgan fingerprint density at radius 1 is 1.24 bits per heavy atom. The molecule has 10 heteroatoms. The molecule has 1 atom stereocenters. The number of carbonyl (C=O) groups is 2. The van der Waals surface area contributed by atoms with E-state index in [2.05, 4.69) is 0 Å². The number of non-ortho nitro benzene ring substituents is 1. The van der Waals surface area contributed by atoms with Crippen LogP contribution in [0.1, 0.15) is 6.92 Å². The summed E-state index contributed by atoms with van der Waals surface area (Å²) in [5.74, 6) is -1.49. The fourth-order valence-corrected chi connectivity index (χ4v) is 1.79. The molecule has 0 aromatic heterocycles. The summed E-state index contributed by atoms with van der Waals surface area (Å²) in [5, 5.41) is 12.1. The molecule has 1 fully saturated rings. The fourth-order valence-electron chi connectivity index (χ4n) is 1.79. The summed E-state index contributed by atoms with van der Waals surface area (Å²) < 4.78 is 38.6. The number of rotatable bonds is 2. The lowest BCUT2D eigenvalue weighted by molar-refractivity contribution is -0.384. The molecule has 1 aliphatic heterocycles. The number of halogens is 3. The van der Waals surface area contributed by atoms with E-state index in [0.29, 0.717) is 11.8 Å². The van der Waals surface area contributed by atoms with Gasteiger partial charge in [0.05, 0.1) is 10.6 Å². The van der Waals surface area contributed by atoms with Crippen molar-refractivity contribution >= 4 is 23.3 Å².